The van der Waals surface area contributed by atoms with E-state index in [1.54, 1.807) is 0 Å². The summed E-state index contributed by atoms with van der Waals surface area (Å²) in [6.07, 6.45) is 0. The van der Waals surface area contributed by atoms with E-state index in [9.17, 15) is 0 Å². The highest BCUT2D eigenvalue weighted by molar-refractivity contribution is 4.42. The number of rotatable bonds is 64. The van der Waals surface area contributed by atoms with E-state index in [-0.39, 0.29) is 13.2 Å². The molecule has 23 nitrogen and oxygen atoms in total. The van der Waals surface area contributed by atoms with Gasteiger partial charge < -0.3 is 110 Å². The molecule has 0 amide bonds. The van der Waals surface area contributed by atoms with Crippen LogP contribution in [0.5, 0.6) is 0 Å². The van der Waals surface area contributed by atoms with Crippen molar-refractivity contribution >= 4 is 0 Å². The number of hydrogen-bond acceptors (Lipinski definition) is 23. The van der Waals surface area contributed by atoms with Gasteiger partial charge in [-0.1, -0.05) is 0 Å². The molecule has 0 unspecified atom stereocenters. The highest BCUT2D eigenvalue weighted by Crippen LogP contribution is 1.90. The molecule has 0 spiro atoms. The maximum Gasteiger partial charge on any atom is 0.0701 e. The maximum atomic E-state index is 8.60. The maximum absolute atomic E-state index is 8.60. The normalized spacial score (nSPS) is 11.7. The van der Waals surface area contributed by atoms with Crippen LogP contribution in [0.4, 0.5) is 0 Å². The number of aliphatic hydroxyl groups excluding tert-OH is 2. The van der Waals surface area contributed by atoms with Gasteiger partial charge in [-0.25, -0.2) is 0 Å². The van der Waals surface area contributed by atoms with Crippen molar-refractivity contribution in [3.63, 3.8) is 0 Å². The van der Waals surface area contributed by atoms with E-state index in [1.807, 2.05) is 0 Å². The van der Waals surface area contributed by atoms with Crippen molar-refractivity contribution < 1.29 is 110 Å². The fraction of sp³-hybridized carbons (Fsp3) is 1.00. The van der Waals surface area contributed by atoms with E-state index in [0.717, 1.165) is 0 Å². The summed E-state index contributed by atoms with van der Waals surface area (Å²) < 4.78 is 114. The zero-order valence-electron chi connectivity index (χ0n) is 40.6. The summed E-state index contributed by atoms with van der Waals surface area (Å²) >= 11 is 0. The van der Waals surface area contributed by atoms with E-state index >= 15 is 0 Å². The van der Waals surface area contributed by atoms with Gasteiger partial charge in [0.15, 0.2) is 0 Å². The lowest BCUT2D eigenvalue weighted by molar-refractivity contribution is -0.0317. The molecule has 0 rings (SSSR count). The smallest absolute Gasteiger partial charge is 0.0701 e. The van der Waals surface area contributed by atoms with Crippen LogP contribution < -0.4 is 0 Å². The number of ether oxygens (including phenoxy) is 21. The van der Waals surface area contributed by atoms with Crippen LogP contribution in [-0.2, 0) is 99.5 Å². The molecule has 0 aromatic rings. The minimum Gasteiger partial charge on any atom is -0.394 e. The Morgan fingerprint density at radius 1 is 0.104 bits per heavy atom. The minimum absolute atomic E-state index is 0.0188. The van der Waals surface area contributed by atoms with Gasteiger partial charge in [-0.2, -0.15) is 0 Å². The quantitative estimate of drug-likeness (QED) is 0.0719. The van der Waals surface area contributed by atoms with E-state index in [1.165, 1.54) is 0 Å². The van der Waals surface area contributed by atoms with Crippen LogP contribution in [0.2, 0.25) is 0 Å². The molecule has 0 heterocycles. The first kappa shape index (κ1) is 66.1. The summed E-state index contributed by atoms with van der Waals surface area (Å²) in [5, 5.41) is 17.2. The van der Waals surface area contributed by atoms with Crippen LogP contribution >= 0.6 is 0 Å². The van der Waals surface area contributed by atoms with Crippen molar-refractivity contribution in [1.29, 1.82) is 0 Å². The highest BCUT2D eigenvalue weighted by atomic mass is 16.6. The lowest BCUT2D eigenvalue weighted by atomic mass is 10.6. The molecule has 0 fully saturated rings. The fourth-order valence-electron chi connectivity index (χ4n) is 4.63. The zero-order chi connectivity index (χ0) is 48.0. The van der Waals surface area contributed by atoms with Crippen molar-refractivity contribution in [2.24, 2.45) is 0 Å². The minimum atomic E-state index is 0.0188. The van der Waals surface area contributed by atoms with E-state index in [2.05, 4.69) is 0 Å². The molecule has 0 saturated carbocycles. The second-order valence-electron chi connectivity index (χ2n) is 13.3. The molecule has 23 heteroatoms. The molecular weight excluding hydrogens is 896 g/mol. The second kappa shape index (κ2) is 65.1. The SMILES string of the molecule is OCCOCCOCCOCCOCCOCCOCCOCCOCCOCCOCCOCCOCCOCCOCCOCCOCCOCCOCCOCCOCCOCCO. The first-order valence-electron chi connectivity index (χ1n) is 23.8. The van der Waals surface area contributed by atoms with Gasteiger partial charge in [0.2, 0.25) is 0 Å². The van der Waals surface area contributed by atoms with Crippen LogP contribution in [0.1, 0.15) is 0 Å². The molecular formula is C44H90O23. The average molecular weight is 987 g/mol. The number of aliphatic hydroxyl groups is 2. The summed E-state index contributed by atoms with van der Waals surface area (Å²) in [5.41, 5.74) is 0. The average Bonchev–Trinajstić information content (AvgIpc) is 3.34. The molecule has 0 atom stereocenters. The number of hydrogen-bond donors (Lipinski definition) is 2. The van der Waals surface area contributed by atoms with Gasteiger partial charge in [0, 0.05) is 0 Å². The Labute approximate surface area is 399 Å². The van der Waals surface area contributed by atoms with E-state index < -0.39 is 0 Å². The Kier molecular flexibility index (Phi) is 64.2. The molecule has 67 heavy (non-hydrogen) atoms. The summed E-state index contributed by atoms with van der Waals surface area (Å²) in [5.74, 6) is 0. The van der Waals surface area contributed by atoms with Crippen molar-refractivity contribution in [1.82, 2.24) is 0 Å². The Morgan fingerprint density at radius 2 is 0.164 bits per heavy atom. The van der Waals surface area contributed by atoms with Crippen LogP contribution in [-0.4, -0.2) is 301 Å². The third-order valence-corrected chi connectivity index (χ3v) is 7.91. The van der Waals surface area contributed by atoms with Crippen molar-refractivity contribution in [3.05, 3.63) is 0 Å². The molecule has 0 saturated heterocycles. The lowest BCUT2D eigenvalue weighted by Crippen LogP contribution is -2.16. The van der Waals surface area contributed by atoms with Gasteiger partial charge in [0.1, 0.15) is 0 Å². The van der Waals surface area contributed by atoms with Crippen LogP contribution in [0, 0.1) is 0 Å². The van der Waals surface area contributed by atoms with Crippen LogP contribution in [0.15, 0.2) is 0 Å². The van der Waals surface area contributed by atoms with Crippen molar-refractivity contribution in [2.75, 3.05) is 291 Å². The molecule has 0 aromatic heterocycles. The topological polar surface area (TPSA) is 234 Å². The summed E-state index contributed by atoms with van der Waals surface area (Å²) in [6, 6.07) is 0. The zero-order valence-corrected chi connectivity index (χ0v) is 40.6. The van der Waals surface area contributed by atoms with Crippen LogP contribution in [0.3, 0.4) is 0 Å². The monoisotopic (exact) mass is 987 g/mol. The largest absolute Gasteiger partial charge is 0.394 e. The van der Waals surface area contributed by atoms with Gasteiger partial charge in [-0.05, 0) is 0 Å². The molecule has 0 radical (unpaired) electrons. The summed E-state index contributed by atoms with van der Waals surface area (Å²) in [4.78, 5) is 0. The third-order valence-electron chi connectivity index (χ3n) is 7.91. The Bertz CT molecular complexity index is 781. The summed E-state index contributed by atoms with van der Waals surface area (Å²) in [6.45, 7) is 20.3. The van der Waals surface area contributed by atoms with Crippen LogP contribution in [0.25, 0.3) is 0 Å². The van der Waals surface area contributed by atoms with Gasteiger partial charge in [-0.3, -0.25) is 0 Å². The van der Waals surface area contributed by atoms with Gasteiger partial charge in [0.05, 0.1) is 291 Å². The highest BCUT2D eigenvalue weighted by Gasteiger charge is 1.99. The molecule has 0 aliphatic heterocycles. The first-order valence-corrected chi connectivity index (χ1v) is 23.8. The Morgan fingerprint density at radius 3 is 0.224 bits per heavy atom. The first-order chi connectivity index (χ1) is 33.4. The fourth-order valence-corrected chi connectivity index (χ4v) is 4.63. The van der Waals surface area contributed by atoms with Gasteiger partial charge in [-0.15, -0.1) is 0 Å². The molecule has 404 valence electrons. The second-order valence-corrected chi connectivity index (χ2v) is 13.3. The van der Waals surface area contributed by atoms with E-state index in [0.29, 0.717) is 277 Å². The molecule has 0 aromatic carbocycles. The summed E-state index contributed by atoms with van der Waals surface area (Å²) in [7, 11) is 0. The van der Waals surface area contributed by atoms with Crippen molar-refractivity contribution in [2.45, 2.75) is 0 Å². The molecule has 0 aliphatic carbocycles. The third kappa shape index (κ3) is 65.1. The Balaban J connectivity index is 3.07. The predicted octanol–water partition coefficient (Wildman–Crippen LogP) is -0.680. The van der Waals surface area contributed by atoms with Gasteiger partial charge >= 0.3 is 0 Å². The predicted molar refractivity (Wildman–Crippen MR) is 241 cm³/mol. The van der Waals surface area contributed by atoms with Crippen molar-refractivity contribution in [3.8, 4) is 0 Å². The standard InChI is InChI=1S/C44H90O23/c45-1-3-47-5-7-49-9-11-51-13-15-53-17-19-55-21-23-57-25-27-59-29-31-61-33-35-63-37-39-65-41-43-67-44-42-66-40-38-64-36-34-62-32-30-60-28-26-58-24-22-56-20-18-54-16-14-52-12-10-50-8-6-48-4-2-46/h45-46H,1-44H2. The molecule has 2 N–H and O–H groups in total. The Hall–Kier alpha value is -0.920. The molecule has 0 bridgehead atoms. The lowest BCUT2D eigenvalue weighted by Gasteiger charge is -2.09. The van der Waals surface area contributed by atoms with E-state index in [4.69, 9.17) is 110 Å². The van der Waals surface area contributed by atoms with Gasteiger partial charge in [0.25, 0.3) is 0 Å². The molecule has 0 aliphatic rings.